The number of likely N-dealkylation sites (tertiary alicyclic amines) is 1. The monoisotopic (exact) mass is 416 g/mol. The molecule has 1 heterocycles. The fraction of sp³-hybridized carbons (Fsp3) is 0.556. The van der Waals surface area contributed by atoms with Gasteiger partial charge in [0.15, 0.2) is 11.5 Å². The summed E-state index contributed by atoms with van der Waals surface area (Å²) in [5, 5.41) is 11.3. The molecule has 0 aliphatic carbocycles. The first-order chi connectivity index (χ1) is 13.8. The molecule has 29 heavy (non-hydrogen) atoms. The molecule has 1 atom stereocenters. The van der Waals surface area contributed by atoms with E-state index in [9.17, 15) is 28.5 Å². The zero-order valence-electron chi connectivity index (χ0n) is 16.1. The Hall–Kier alpha value is -2.98. The van der Waals surface area contributed by atoms with Gasteiger partial charge in [-0.15, -0.1) is 0 Å². The van der Waals surface area contributed by atoms with Crippen LogP contribution in [0.4, 0.5) is 14.5 Å². The molecule has 2 rings (SSSR count). The quantitative estimate of drug-likeness (QED) is 0.364. The van der Waals surface area contributed by atoms with Crippen LogP contribution in [-0.4, -0.2) is 48.5 Å². The number of nitro benzene ring substituents is 1. The maximum Gasteiger partial charge on any atom is 0.387 e. The topological polar surface area (TPSA) is 108 Å². The third-order valence-corrected chi connectivity index (χ3v) is 4.56. The number of benzene rings is 1. The number of nitrogens with zero attached hydrogens (tertiary/aromatic N) is 2. The van der Waals surface area contributed by atoms with Gasteiger partial charge in [-0.3, -0.25) is 19.7 Å². The standard InChI is InChI=1S/C18H22F2N2O7/c1-3-16(23)21-6-4-5-11(9-21)17(24)28-10-12-7-14(27-2)15(29-18(19)20)8-13(12)22(25)26/h7-8,11,18H,3-6,9-10H2,1-2H3. The number of nitro groups is 1. The van der Waals surface area contributed by atoms with E-state index in [4.69, 9.17) is 9.47 Å². The van der Waals surface area contributed by atoms with Crippen LogP contribution >= 0.6 is 0 Å². The highest BCUT2D eigenvalue weighted by Crippen LogP contribution is 2.36. The minimum absolute atomic E-state index is 0.0286. The van der Waals surface area contributed by atoms with Crippen molar-refractivity contribution < 1.29 is 37.5 Å². The fourth-order valence-corrected chi connectivity index (χ4v) is 3.11. The van der Waals surface area contributed by atoms with Gasteiger partial charge in [0.05, 0.1) is 29.6 Å². The van der Waals surface area contributed by atoms with Crippen molar-refractivity contribution in [3.63, 3.8) is 0 Å². The maximum absolute atomic E-state index is 12.5. The first-order valence-electron chi connectivity index (χ1n) is 9.01. The van der Waals surface area contributed by atoms with Gasteiger partial charge in [0.25, 0.3) is 5.69 Å². The molecule has 1 aromatic rings. The normalized spacial score (nSPS) is 16.4. The number of methoxy groups -OCH3 is 1. The average Bonchev–Trinajstić information content (AvgIpc) is 2.71. The van der Waals surface area contributed by atoms with E-state index in [2.05, 4.69) is 4.74 Å². The highest BCUT2D eigenvalue weighted by atomic mass is 19.3. The van der Waals surface area contributed by atoms with Crippen molar-refractivity contribution in [2.24, 2.45) is 5.92 Å². The Morgan fingerprint density at radius 2 is 2.07 bits per heavy atom. The van der Waals surface area contributed by atoms with Crippen molar-refractivity contribution in [2.45, 2.75) is 39.4 Å². The summed E-state index contributed by atoms with van der Waals surface area (Å²) in [5.74, 6) is -1.82. The van der Waals surface area contributed by atoms with Gasteiger partial charge in [-0.25, -0.2) is 0 Å². The summed E-state index contributed by atoms with van der Waals surface area (Å²) in [7, 11) is 1.19. The van der Waals surface area contributed by atoms with Crippen LogP contribution in [0.3, 0.4) is 0 Å². The van der Waals surface area contributed by atoms with Crippen molar-refractivity contribution in [1.29, 1.82) is 0 Å². The van der Waals surface area contributed by atoms with E-state index in [0.717, 1.165) is 12.1 Å². The lowest BCUT2D eigenvalue weighted by Crippen LogP contribution is -2.42. The van der Waals surface area contributed by atoms with Crippen molar-refractivity contribution >= 4 is 17.6 Å². The summed E-state index contributed by atoms with van der Waals surface area (Å²) in [6.45, 7) is -1.09. The molecule has 1 saturated heterocycles. The Balaban J connectivity index is 2.13. The van der Waals surface area contributed by atoms with E-state index in [1.54, 1.807) is 11.8 Å². The van der Waals surface area contributed by atoms with E-state index < -0.39 is 41.5 Å². The van der Waals surface area contributed by atoms with Crippen molar-refractivity contribution in [3.05, 3.63) is 27.8 Å². The lowest BCUT2D eigenvalue weighted by molar-refractivity contribution is -0.386. The van der Waals surface area contributed by atoms with E-state index in [1.807, 2.05) is 0 Å². The van der Waals surface area contributed by atoms with Gasteiger partial charge in [0.2, 0.25) is 5.91 Å². The predicted molar refractivity (Wildman–Crippen MR) is 95.7 cm³/mol. The van der Waals surface area contributed by atoms with Gasteiger partial charge in [-0.1, -0.05) is 6.92 Å². The third-order valence-electron chi connectivity index (χ3n) is 4.56. The van der Waals surface area contributed by atoms with E-state index >= 15 is 0 Å². The molecule has 1 aliphatic rings. The summed E-state index contributed by atoms with van der Waals surface area (Å²) < 4.78 is 39.4. The van der Waals surface area contributed by atoms with Gasteiger partial charge in [-0.05, 0) is 18.9 Å². The molecule has 160 valence electrons. The summed E-state index contributed by atoms with van der Waals surface area (Å²) in [6.07, 6.45) is 1.53. The van der Waals surface area contributed by atoms with Crippen LogP contribution < -0.4 is 9.47 Å². The van der Waals surface area contributed by atoms with Crippen molar-refractivity contribution in [2.75, 3.05) is 20.2 Å². The molecule has 0 spiro atoms. The van der Waals surface area contributed by atoms with E-state index in [-0.39, 0.29) is 23.8 Å². The number of hydrogen-bond donors (Lipinski definition) is 0. The number of halogens is 2. The summed E-state index contributed by atoms with van der Waals surface area (Å²) in [4.78, 5) is 36.3. The largest absolute Gasteiger partial charge is 0.493 e. The molecular weight excluding hydrogens is 394 g/mol. The first kappa shape index (κ1) is 22.3. The number of ether oxygens (including phenoxy) is 3. The number of piperidine rings is 1. The Morgan fingerprint density at radius 1 is 1.34 bits per heavy atom. The molecular formula is C18H22F2N2O7. The van der Waals surface area contributed by atoms with E-state index in [0.29, 0.717) is 25.8 Å². The van der Waals surface area contributed by atoms with Crippen LogP contribution in [0.1, 0.15) is 31.7 Å². The highest BCUT2D eigenvalue weighted by molar-refractivity contribution is 5.78. The zero-order valence-corrected chi connectivity index (χ0v) is 16.1. The number of amides is 1. The minimum atomic E-state index is -3.19. The van der Waals surface area contributed by atoms with Crippen LogP contribution in [0.5, 0.6) is 11.5 Å². The lowest BCUT2D eigenvalue weighted by atomic mass is 9.98. The first-order valence-corrected chi connectivity index (χ1v) is 9.01. The summed E-state index contributed by atoms with van der Waals surface area (Å²) >= 11 is 0. The molecule has 0 bridgehead atoms. The van der Waals surface area contributed by atoms with Crippen LogP contribution in [0.15, 0.2) is 12.1 Å². The van der Waals surface area contributed by atoms with Crippen molar-refractivity contribution in [3.8, 4) is 11.5 Å². The molecule has 11 heteroatoms. The van der Waals surface area contributed by atoms with Crippen LogP contribution in [-0.2, 0) is 20.9 Å². The Bertz CT molecular complexity index is 773. The molecule has 0 saturated carbocycles. The van der Waals surface area contributed by atoms with Crippen LogP contribution in [0, 0.1) is 16.0 Å². The molecule has 9 nitrogen and oxygen atoms in total. The SMILES string of the molecule is CCC(=O)N1CCCC(C(=O)OCc2cc(OC)c(OC(F)F)cc2[N+](=O)[O-])C1. The lowest BCUT2D eigenvalue weighted by Gasteiger charge is -2.31. The van der Waals surface area contributed by atoms with Gasteiger partial charge in [0.1, 0.15) is 6.61 Å². The van der Waals surface area contributed by atoms with Gasteiger partial charge < -0.3 is 19.1 Å². The molecule has 1 aromatic carbocycles. The number of rotatable bonds is 8. The molecule has 1 aliphatic heterocycles. The van der Waals surface area contributed by atoms with E-state index in [1.165, 1.54) is 7.11 Å². The highest BCUT2D eigenvalue weighted by Gasteiger charge is 2.30. The number of carbonyl (C=O) groups excluding carboxylic acids is 2. The second-order valence-corrected chi connectivity index (χ2v) is 6.41. The number of carbonyl (C=O) groups is 2. The smallest absolute Gasteiger partial charge is 0.387 e. The van der Waals surface area contributed by atoms with Gasteiger partial charge in [-0.2, -0.15) is 8.78 Å². The predicted octanol–water partition coefficient (Wildman–Crippen LogP) is 2.90. The number of hydrogen-bond acceptors (Lipinski definition) is 7. The fourth-order valence-electron chi connectivity index (χ4n) is 3.11. The minimum Gasteiger partial charge on any atom is -0.493 e. The summed E-state index contributed by atoms with van der Waals surface area (Å²) in [5.41, 5.74) is -0.570. The second-order valence-electron chi connectivity index (χ2n) is 6.41. The Kier molecular flexibility index (Phi) is 7.68. The number of esters is 1. The third kappa shape index (κ3) is 5.75. The molecule has 1 unspecified atom stereocenters. The van der Waals surface area contributed by atoms with Crippen LogP contribution in [0.2, 0.25) is 0 Å². The average molecular weight is 416 g/mol. The van der Waals surface area contributed by atoms with Crippen LogP contribution in [0.25, 0.3) is 0 Å². The molecule has 0 aromatic heterocycles. The molecule has 1 amide bonds. The Morgan fingerprint density at radius 3 is 2.66 bits per heavy atom. The molecule has 0 N–H and O–H groups in total. The molecule has 0 radical (unpaired) electrons. The second kappa shape index (κ2) is 9.99. The summed E-state index contributed by atoms with van der Waals surface area (Å²) in [6, 6.07) is 1.92. The Labute approximate surface area is 165 Å². The number of alkyl halides is 2. The van der Waals surface area contributed by atoms with Gasteiger partial charge in [0, 0.05) is 19.5 Å². The molecule has 1 fully saturated rings. The zero-order chi connectivity index (χ0) is 21.6. The van der Waals surface area contributed by atoms with Crippen molar-refractivity contribution in [1.82, 2.24) is 4.90 Å². The maximum atomic E-state index is 12.5. The van der Waals surface area contributed by atoms with Gasteiger partial charge >= 0.3 is 12.6 Å².